The fraction of sp³-hybridized carbons (Fsp3) is 0.462. The molecule has 0 saturated heterocycles. The lowest BCUT2D eigenvalue weighted by atomic mass is 10.1. The molecule has 7 heteroatoms. The van der Waals surface area contributed by atoms with E-state index in [1.54, 1.807) is 22.9 Å². The molecule has 0 spiro atoms. The number of hydrogen-bond acceptors (Lipinski definition) is 5. The zero-order valence-corrected chi connectivity index (χ0v) is 12.5. The Kier molecular flexibility index (Phi) is 4.59. The predicted octanol–water partition coefficient (Wildman–Crippen LogP) is 2.74. The van der Waals surface area contributed by atoms with Gasteiger partial charge < -0.3 is 4.74 Å². The molecule has 1 aromatic carbocycles. The highest BCUT2D eigenvalue weighted by atomic mass is 32.2. The number of benzene rings is 1. The first kappa shape index (κ1) is 14.8. The monoisotopic (exact) mass is 296 g/mol. The van der Waals surface area contributed by atoms with Gasteiger partial charge in [0.25, 0.3) is 0 Å². The summed E-state index contributed by atoms with van der Waals surface area (Å²) < 4.78 is 20.5. The normalized spacial score (nSPS) is 11.6. The Hall–Kier alpha value is -1.63. The smallest absolute Gasteiger partial charge is 0.209 e. The van der Waals surface area contributed by atoms with Crippen LogP contribution < -0.4 is 4.74 Å². The van der Waals surface area contributed by atoms with Crippen molar-refractivity contribution in [1.82, 2.24) is 20.2 Å². The second kappa shape index (κ2) is 6.21. The van der Waals surface area contributed by atoms with Crippen LogP contribution in [-0.2, 0) is 5.54 Å². The summed E-state index contributed by atoms with van der Waals surface area (Å²) in [7, 11) is 0. The first-order chi connectivity index (χ1) is 9.48. The molecule has 1 heterocycles. The van der Waals surface area contributed by atoms with Gasteiger partial charge in [-0.2, -0.15) is 0 Å². The quantitative estimate of drug-likeness (QED) is 0.627. The van der Waals surface area contributed by atoms with E-state index in [9.17, 15) is 4.39 Å². The van der Waals surface area contributed by atoms with Gasteiger partial charge in [-0.1, -0.05) is 23.9 Å². The van der Waals surface area contributed by atoms with Crippen LogP contribution in [0.2, 0.25) is 0 Å². The van der Waals surface area contributed by atoms with Crippen LogP contribution in [0.3, 0.4) is 0 Å². The molecule has 0 bridgehead atoms. The molecule has 0 unspecified atom stereocenters. The third kappa shape index (κ3) is 3.69. The molecule has 0 aliphatic carbocycles. The maximum atomic E-state index is 13.3. The molecular formula is C13H17FN4OS. The van der Waals surface area contributed by atoms with Gasteiger partial charge in [0.15, 0.2) is 11.6 Å². The van der Waals surface area contributed by atoms with E-state index in [1.165, 1.54) is 17.8 Å². The number of nitrogens with zero attached hydrogens (tertiary/aromatic N) is 4. The zero-order chi connectivity index (χ0) is 14.6. The molecule has 5 nitrogen and oxygen atoms in total. The number of ether oxygens (including phenoxy) is 1. The van der Waals surface area contributed by atoms with Crippen LogP contribution in [0.5, 0.6) is 5.75 Å². The Labute approximate surface area is 121 Å². The molecule has 0 saturated carbocycles. The van der Waals surface area contributed by atoms with Crippen molar-refractivity contribution in [3.8, 4) is 5.75 Å². The molecule has 0 aliphatic rings. The van der Waals surface area contributed by atoms with Gasteiger partial charge in [-0.15, -0.1) is 5.10 Å². The van der Waals surface area contributed by atoms with Gasteiger partial charge in [0, 0.05) is 5.75 Å². The van der Waals surface area contributed by atoms with E-state index in [0.29, 0.717) is 12.4 Å². The summed E-state index contributed by atoms with van der Waals surface area (Å²) in [6.07, 6.45) is 0. The topological polar surface area (TPSA) is 52.8 Å². The predicted molar refractivity (Wildman–Crippen MR) is 75.4 cm³/mol. The van der Waals surface area contributed by atoms with Crippen LogP contribution in [-0.4, -0.2) is 32.6 Å². The minimum Gasteiger partial charge on any atom is -0.490 e. The third-order valence-electron chi connectivity index (χ3n) is 2.49. The van der Waals surface area contributed by atoms with Gasteiger partial charge in [-0.25, -0.2) is 9.07 Å². The molecule has 1 aromatic heterocycles. The average Bonchev–Trinajstić information content (AvgIpc) is 2.85. The van der Waals surface area contributed by atoms with E-state index < -0.39 is 0 Å². The van der Waals surface area contributed by atoms with Crippen molar-refractivity contribution in [2.75, 3.05) is 12.4 Å². The van der Waals surface area contributed by atoms with Gasteiger partial charge in [0.1, 0.15) is 0 Å². The third-order valence-corrected chi connectivity index (χ3v) is 3.37. The van der Waals surface area contributed by atoms with Crippen LogP contribution in [0.25, 0.3) is 0 Å². The summed E-state index contributed by atoms with van der Waals surface area (Å²) in [5, 5.41) is 12.4. The van der Waals surface area contributed by atoms with Crippen LogP contribution >= 0.6 is 11.8 Å². The highest BCUT2D eigenvalue weighted by molar-refractivity contribution is 7.99. The fourth-order valence-corrected chi connectivity index (χ4v) is 2.41. The first-order valence-electron chi connectivity index (χ1n) is 6.27. The summed E-state index contributed by atoms with van der Waals surface area (Å²) in [4.78, 5) is 0. The first-order valence-corrected chi connectivity index (χ1v) is 7.26. The van der Waals surface area contributed by atoms with E-state index in [-0.39, 0.29) is 17.1 Å². The summed E-state index contributed by atoms with van der Waals surface area (Å²) in [6, 6.07) is 6.36. The zero-order valence-electron chi connectivity index (χ0n) is 11.7. The average molecular weight is 296 g/mol. The standard InChI is InChI=1S/C13H17FN4OS/c1-13(2,3)18-12(15-16-17-18)20-9-8-19-11-7-5-4-6-10(11)14/h4-7H,8-9H2,1-3H3. The molecule has 0 fully saturated rings. The van der Waals surface area contributed by atoms with Gasteiger partial charge in [0.2, 0.25) is 5.16 Å². The number of hydrogen-bond donors (Lipinski definition) is 0. The number of rotatable bonds is 5. The van der Waals surface area contributed by atoms with Crippen LogP contribution in [0.1, 0.15) is 20.8 Å². The largest absolute Gasteiger partial charge is 0.490 e. The Morgan fingerprint density at radius 1 is 1.30 bits per heavy atom. The lowest BCUT2D eigenvalue weighted by Crippen LogP contribution is -2.24. The Bertz CT molecular complexity index is 567. The van der Waals surface area contributed by atoms with Gasteiger partial charge in [-0.05, 0) is 43.3 Å². The van der Waals surface area contributed by atoms with Crippen molar-refractivity contribution >= 4 is 11.8 Å². The number of aromatic nitrogens is 4. The van der Waals surface area contributed by atoms with E-state index in [4.69, 9.17) is 4.74 Å². The van der Waals surface area contributed by atoms with Gasteiger partial charge in [0.05, 0.1) is 12.1 Å². The molecule has 2 rings (SSSR count). The summed E-state index contributed by atoms with van der Waals surface area (Å²) in [5.41, 5.74) is -0.168. The second-order valence-electron chi connectivity index (χ2n) is 5.17. The molecular weight excluding hydrogens is 279 g/mol. The molecule has 108 valence electrons. The highest BCUT2D eigenvalue weighted by Crippen LogP contribution is 2.22. The second-order valence-corrected chi connectivity index (χ2v) is 6.23. The van der Waals surface area contributed by atoms with Gasteiger partial charge in [-0.3, -0.25) is 0 Å². The van der Waals surface area contributed by atoms with Crippen LogP contribution in [0.4, 0.5) is 4.39 Å². The van der Waals surface area contributed by atoms with Crippen LogP contribution in [0.15, 0.2) is 29.4 Å². The number of tetrazole rings is 1. The number of thioether (sulfide) groups is 1. The molecule has 0 N–H and O–H groups in total. The van der Waals surface area contributed by atoms with Crippen molar-refractivity contribution in [1.29, 1.82) is 0 Å². The molecule has 20 heavy (non-hydrogen) atoms. The molecule has 0 atom stereocenters. The van der Waals surface area contributed by atoms with Crippen molar-refractivity contribution in [2.24, 2.45) is 0 Å². The summed E-state index contributed by atoms with van der Waals surface area (Å²) in [6.45, 7) is 6.48. The minimum absolute atomic E-state index is 0.168. The molecule has 0 amide bonds. The number of para-hydroxylation sites is 1. The maximum absolute atomic E-state index is 13.3. The van der Waals surface area contributed by atoms with E-state index in [2.05, 4.69) is 15.5 Å². The van der Waals surface area contributed by atoms with Crippen LogP contribution in [0, 0.1) is 5.82 Å². The lowest BCUT2D eigenvalue weighted by Gasteiger charge is -2.19. The highest BCUT2D eigenvalue weighted by Gasteiger charge is 2.19. The van der Waals surface area contributed by atoms with E-state index in [1.807, 2.05) is 20.8 Å². The van der Waals surface area contributed by atoms with E-state index >= 15 is 0 Å². The van der Waals surface area contributed by atoms with Crippen molar-refractivity contribution in [3.63, 3.8) is 0 Å². The lowest BCUT2D eigenvalue weighted by molar-refractivity contribution is 0.317. The summed E-state index contributed by atoms with van der Waals surface area (Å²) in [5.74, 6) is 0.561. The SMILES string of the molecule is CC(C)(C)n1nnnc1SCCOc1ccccc1F. The van der Waals surface area contributed by atoms with Crippen molar-refractivity contribution in [3.05, 3.63) is 30.1 Å². The number of halogens is 1. The maximum Gasteiger partial charge on any atom is 0.209 e. The van der Waals surface area contributed by atoms with Crippen molar-refractivity contribution < 1.29 is 9.13 Å². The Morgan fingerprint density at radius 2 is 2.05 bits per heavy atom. The molecule has 2 aromatic rings. The fourth-order valence-electron chi connectivity index (χ4n) is 1.54. The Morgan fingerprint density at radius 3 is 2.75 bits per heavy atom. The summed E-state index contributed by atoms with van der Waals surface area (Å²) >= 11 is 1.49. The van der Waals surface area contributed by atoms with Crippen molar-refractivity contribution in [2.45, 2.75) is 31.5 Å². The van der Waals surface area contributed by atoms with E-state index in [0.717, 1.165) is 5.16 Å². The van der Waals surface area contributed by atoms with Gasteiger partial charge >= 0.3 is 0 Å². The molecule has 0 aliphatic heterocycles. The minimum atomic E-state index is -0.350. The molecule has 0 radical (unpaired) electrons. The Balaban J connectivity index is 1.85.